The molecule has 2 fully saturated rings. The van der Waals surface area contributed by atoms with Crippen LogP contribution in [-0.2, 0) is 9.59 Å². The molecule has 0 aromatic carbocycles. The quantitative estimate of drug-likeness (QED) is 0.682. The summed E-state index contributed by atoms with van der Waals surface area (Å²) in [6.07, 6.45) is 1.59. The van der Waals surface area contributed by atoms with Gasteiger partial charge in [-0.1, -0.05) is 6.92 Å². The number of hydrogen-bond acceptors (Lipinski definition) is 3. The molecule has 1 N–H and O–H groups in total. The Kier molecular flexibility index (Phi) is 2.78. The van der Waals surface area contributed by atoms with E-state index in [1.54, 1.807) is 0 Å². The molecule has 0 radical (unpaired) electrons. The monoisotopic (exact) mass is 210 g/mol. The highest BCUT2D eigenvalue weighted by molar-refractivity contribution is 6.05. The topological polar surface area (TPSA) is 49.4 Å². The van der Waals surface area contributed by atoms with Crippen LogP contribution in [0.1, 0.15) is 26.7 Å². The molecule has 0 spiro atoms. The Morgan fingerprint density at radius 2 is 2.13 bits per heavy atom. The van der Waals surface area contributed by atoms with Gasteiger partial charge in [-0.15, -0.1) is 0 Å². The molecule has 2 aliphatic rings. The number of nitrogens with one attached hydrogen (secondary N) is 1. The molecule has 2 amide bonds. The van der Waals surface area contributed by atoms with Crippen LogP contribution in [0.3, 0.4) is 0 Å². The number of imide groups is 1. The number of likely N-dealkylation sites (N-methyl/N-ethyl adjacent to an activating group) is 1. The maximum absolute atomic E-state index is 11.7. The van der Waals surface area contributed by atoms with E-state index in [4.69, 9.17) is 0 Å². The third kappa shape index (κ3) is 2.04. The minimum Gasteiger partial charge on any atom is -0.305 e. The Labute approximate surface area is 90.0 Å². The molecule has 1 heterocycles. The Morgan fingerprint density at radius 1 is 1.47 bits per heavy atom. The van der Waals surface area contributed by atoms with Crippen molar-refractivity contribution in [1.82, 2.24) is 10.2 Å². The molecule has 84 valence electrons. The first-order valence-corrected chi connectivity index (χ1v) is 5.71. The van der Waals surface area contributed by atoms with E-state index >= 15 is 0 Å². The van der Waals surface area contributed by atoms with E-state index in [1.165, 1.54) is 11.3 Å². The van der Waals surface area contributed by atoms with Gasteiger partial charge in [-0.25, -0.2) is 0 Å². The van der Waals surface area contributed by atoms with E-state index in [1.807, 2.05) is 6.92 Å². The highest BCUT2D eigenvalue weighted by Gasteiger charge is 2.39. The van der Waals surface area contributed by atoms with Crippen LogP contribution < -0.4 is 5.32 Å². The Morgan fingerprint density at radius 3 is 2.60 bits per heavy atom. The normalized spacial score (nSPS) is 35.1. The fourth-order valence-electron chi connectivity index (χ4n) is 2.15. The van der Waals surface area contributed by atoms with Crippen molar-refractivity contribution in [2.24, 2.45) is 11.8 Å². The average molecular weight is 210 g/mol. The number of hydrogen-bond donors (Lipinski definition) is 1. The molecule has 4 nitrogen and oxygen atoms in total. The second kappa shape index (κ2) is 3.93. The Bertz CT molecular complexity index is 290. The molecule has 1 saturated heterocycles. The predicted molar refractivity (Wildman–Crippen MR) is 56.1 cm³/mol. The number of rotatable bonds is 4. The minimum absolute atomic E-state index is 0.0381. The molecule has 4 heteroatoms. The second-order valence-electron chi connectivity index (χ2n) is 4.61. The molecule has 0 aromatic heterocycles. The SMILES string of the molecule is CCN1C(=O)CC(NCC2CC2C)C1=O. The summed E-state index contributed by atoms with van der Waals surface area (Å²) < 4.78 is 0. The smallest absolute Gasteiger partial charge is 0.246 e. The summed E-state index contributed by atoms with van der Waals surface area (Å²) >= 11 is 0. The van der Waals surface area contributed by atoms with Crippen molar-refractivity contribution >= 4 is 11.8 Å². The van der Waals surface area contributed by atoms with Crippen molar-refractivity contribution in [2.75, 3.05) is 13.1 Å². The lowest BCUT2D eigenvalue weighted by atomic mass is 10.2. The van der Waals surface area contributed by atoms with Gasteiger partial charge in [-0.3, -0.25) is 14.5 Å². The first kappa shape index (κ1) is 10.6. The van der Waals surface area contributed by atoms with Crippen molar-refractivity contribution in [3.05, 3.63) is 0 Å². The molecule has 3 atom stereocenters. The lowest BCUT2D eigenvalue weighted by Crippen LogP contribution is -2.39. The van der Waals surface area contributed by atoms with Gasteiger partial charge in [0.05, 0.1) is 12.5 Å². The number of carbonyl (C=O) groups is 2. The number of nitrogens with zero attached hydrogens (tertiary/aromatic N) is 1. The lowest BCUT2D eigenvalue weighted by Gasteiger charge is -2.12. The molecule has 2 rings (SSSR count). The molecular weight excluding hydrogens is 192 g/mol. The number of likely N-dealkylation sites (tertiary alicyclic amines) is 1. The van der Waals surface area contributed by atoms with E-state index in [9.17, 15) is 9.59 Å². The van der Waals surface area contributed by atoms with Crippen molar-refractivity contribution < 1.29 is 9.59 Å². The average Bonchev–Trinajstić information content (AvgIpc) is 2.82. The first-order valence-electron chi connectivity index (χ1n) is 5.71. The number of carbonyl (C=O) groups excluding carboxylic acids is 2. The maximum Gasteiger partial charge on any atom is 0.246 e. The van der Waals surface area contributed by atoms with Crippen LogP contribution >= 0.6 is 0 Å². The molecule has 1 aliphatic carbocycles. The zero-order valence-corrected chi connectivity index (χ0v) is 9.32. The Balaban J connectivity index is 1.83. The standard InChI is InChI=1S/C11H18N2O2/c1-3-13-10(14)5-9(11(13)15)12-6-8-4-7(8)2/h7-9,12H,3-6H2,1-2H3. The summed E-state index contributed by atoms with van der Waals surface area (Å²) in [5, 5.41) is 3.21. The summed E-state index contributed by atoms with van der Waals surface area (Å²) in [5.74, 6) is 1.41. The van der Waals surface area contributed by atoms with Crippen LogP contribution in [0.5, 0.6) is 0 Å². The summed E-state index contributed by atoms with van der Waals surface area (Å²) in [6.45, 7) is 5.42. The van der Waals surface area contributed by atoms with Crippen LogP contribution in [0, 0.1) is 11.8 Å². The molecule has 3 unspecified atom stereocenters. The molecule has 0 bridgehead atoms. The van der Waals surface area contributed by atoms with Crippen LogP contribution in [0.15, 0.2) is 0 Å². The van der Waals surface area contributed by atoms with Gasteiger partial charge in [0.25, 0.3) is 0 Å². The highest BCUT2D eigenvalue weighted by Crippen LogP contribution is 2.37. The summed E-state index contributed by atoms with van der Waals surface area (Å²) in [4.78, 5) is 24.5. The van der Waals surface area contributed by atoms with E-state index < -0.39 is 0 Å². The fraction of sp³-hybridized carbons (Fsp3) is 0.818. The van der Waals surface area contributed by atoms with Crippen molar-refractivity contribution in [3.63, 3.8) is 0 Å². The van der Waals surface area contributed by atoms with Crippen LogP contribution in [0.2, 0.25) is 0 Å². The Hall–Kier alpha value is -0.900. The zero-order chi connectivity index (χ0) is 11.0. The maximum atomic E-state index is 11.7. The molecular formula is C11H18N2O2. The van der Waals surface area contributed by atoms with Gasteiger partial charge in [0.1, 0.15) is 0 Å². The van der Waals surface area contributed by atoms with Crippen molar-refractivity contribution in [2.45, 2.75) is 32.7 Å². The van der Waals surface area contributed by atoms with Gasteiger partial charge in [0.2, 0.25) is 11.8 Å². The first-order chi connectivity index (χ1) is 7.13. The minimum atomic E-state index is -0.259. The van der Waals surface area contributed by atoms with Crippen molar-refractivity contribution in [1.29, 1.82) is 0 Å². The van der Waals surface area contributed by atoms with Crippen LogP contribution in [0.25, 0.3) is 0 Å². The van der Waals surface area contributed by atoms with E-state index in [0.717, 1.165) is 12.5 Å². The van der Waals surface area contributed by atoms with E-state index in [0.29, 0.717) is 18.9 Å². The largest absolute Gasteiger partial charge is 0.305 e. The zero-order valence-electron chi connectivity index (χ0n) is 9.32. The van der Waals surface area contributed by atoms with Gasteiger partial charge in [0.15, 0.2) is 0 Å². The second-order valence-corrected chi connectivity index (χ2v) is 4.61. The van der Waals surface area contributed by atoms with Gasteiger partial charge in [-0.05, 0) is 31.7 Å². The van der Waals surface area contributed by atoms with Crippen LogP contribution in [-0.4, -0.2) is 35.8 Å². The van der Waals surface area contributed by atoms with Crippen molar-refractivity contribution in [3.8, 4) is 0 Å². The highest BCUT2D eigenvalue weighted by atomic mass is 16.2. The molecule has 1 aliphatic heterocycles. The van der Waals surface area contributed by atoms with E-state index in [-0.39, 0.29) is 17.9 Å². The van der Waals surface area contributed by atoms with Gasteiger partial charge in [0, 0.05) is 6.54 Å². The molecule has 0 aromatic rings. The van der Waals surface area contributed by atoms with Gasteiger partial charge >= 0.3 is 0 Å². The third-order valence-corrected chi connectivity index (χ3v) is 3.46. The van der Waals surface area contributed by atoms with Gasteiger partial charge in [-0.2, -0.15) is 0 Å². The molecule has 1 saturated carbocycles. The summed E-state index contributed by atoms with van der Waals surface area (Å²) in [6, 6.07) is -0.259. The summed E-state index contributed by atoms with van der Waals surface area (Å²) in [7, 11) is 0. The fourth-order valence-corrected chi connectivity index (χ4v) is 2.15. The lowest BCUT2D eigenvalue weighted by molar-refractivity contribution is -0.138. The van der Waals surface area contributed by atoms with E-state index in [2.05, 4.69) is 12.2 Å². The number of amides is 2. The predicted octanol–water partition coefficient (Wildman–Crippen LogP) is 0.379. The summed E-state index contributed by atoms with van der Waals surface area (Å²) in [5.41, 5.74) is 0. The molecule has 15 heavy (non-hydrogen) atoms. The third-order valence-electron chi connectivity index (χ3n) is 3.46. The van der Waals surface area contributed by atoms with Crippen LogP contribution in [0.4, 0.5) is 0 Å². The van der Waals surface area contributed by atoms with Gasteiger partial charge < -0.3 is 5.32 Å².